The number of H-pyrrole nitrogens is 3. The lowest BCUT2D eigenvalue weighted by molar-refractivity contribution is -0.153. The van der Waals surface area contributed by atoms with E-state index in [0.717, 1.165) is 12.8 Å². The third-order valence-corrected chi connectivity index (χ3v) is 14.6. The number of aliphatic hydroxyl groups is 4. The molecule has 6 saturated carbocycles. The third kappa shape index (κ3) is 7.60. The molecule has 59 heavy (non-hydrogen) atoms. The van der Waals surface area contributed by atoms with Crippen molar-refractivity contribution < 1.29 is 39.5 Å². The molecule has 12 atom stereocenters. The summed E-state index contributed by atoms with van der Waals surface area (Å²) in [6.07, 6.45) is 6.26. The second-order valence-corrected chi connectivity index (χ2v) is 18.3. The van der Waals surface area contributed by atoms with E-state index in [1.54, 1.807) is 0 Å². The van der Waals surface area contributed by atoms with Crippen molar-refractivity contribution in [1.82, 2.24) is 28.7 Å². The molecule has 6 aliphatic carbocycles. The number of aliphatic hydroxyl groups excluding tert-OH is 4. The Hall–Kier alpha value is -4.22. The monoisotopic (exact) mass is 954 g/mol. The van der Waals surface area contributed by atoms with Crippen LogP contribution < -0.4 is 33.7 Å². The average molecular weight is 957 g/mol. The molecule has 6 aliphatic rings. The largest absolute Gasteiger partial charge is 0.465 e. The van der Waals surface area contributed by atoms with Crippen molar-refractivity contribution in [3.05, 3.63) is 96.1 Å². The van der Waals surface area contributed by atoms with Crippen LogP contribution in [0.2, 0.25) is 0 Å². The van der Waals surface area contributed by atoms with E-state index in [9.17, 15) is 58.8 Å². The van der Waals surface area contributed by atoms with E-state index in [0.29, 0.717) is 30.2 Å². The predicted octanol–water partition coefficient (Wildman–Crippen LogP) is -0.811. The number of carbonyl (C=O) groups is 2. The van der Waals surface area contributed by atoms with Crippen molar-refractivity contribution in [3.8, 4) is 0 Å². The molecule has 9 rings (SSSR count). The lowest BCUT2D eigenvalue weighted by Gasteiger charge is -2.23. The number of nitrogens with zero attached hydrogens (tertiary/aromatic N) is 3. The third-order valence-electron chi connectivity index (χ3n) is 13.5. The maximum atomic E-state index is 12.1. The van der Waals surface area contributed by atoms with E-state index in [-0.39, 0.29) is 60.2 Å². The van der Waals surface area contributed by atoms with E-state index in [1.165, 1.54) is 52.2 Å². The zero-order chi connectivity index (χ0) is 42.9. The highest BCUT2D eigenvalue weighted by molar-refractivity contribution is 9.10. The molecule has 0 amide bonds. The van der Waals surface area contributed by atoms with Crippen LogP contribution in [0.25, 0.3) is 0 Å². The second kappa shape index (κ2) is 15.7. The van der Waals surface area contributed by atoms with E-state index in [1.807, 2.05) is 0 Å². The Morgan fingerprint density at radius 3 is 1.56 bits per heavy atom. The maximum Gasteiger partial charge on any atom is 0.328 e. The number of aromatic amines is 3. The molecule has 6 fully saturated rings. The topological polar surface area (TPSA) is 298 Å². The molecular weight excluding hydrogens is 912 g/mol. The highest BCUT2D eigenvalue weighted by atomic mass is 79.9. The Kier molecular flexibility index (Phi) is 11.4. The standard InChI is InChI=1S/C15H17BrN2O6.C11H13BrN2O4.C11H14N2O4/c1-7(19)23-6-15-4-9(15)11(3-12(15)24-8(2)20)18-5-10(16)13(21)17-14(18)22;12-6-3-14(10(18)13-9(6)17)7-1-8(16)11(4-15)2-5(7)11;14-5-11-4-6(11)7(3-8(11)15)13-2-1-9(16)12-10(13)17/h5,9,11-12H,3-4,6H2,1-2H3,(H,17,21,22);3,5,7-8,15-16H,1-2,4H2,(H,13,17,18);1-2,6-8,14-15H,3-5H2,(H,12,16,17)/t9-,11+,12+,15+;5-,7+,8+,11+;6-,7+,8+,11+/m111/s1. The van der Waals surface area contributed by atoms with E-state index < -0.39 is 80.2 Å². The molecule has 0 radical (unpaired) electrons. The Morgan fingerprint density at radius 1 is 0.695 bits per heavy atom. The van der Waals surface area contributed by atoms with Gasteiger partial charge in [-0.3, -0.25) is 52.6 Å². The molecule has 20 nitrogen and oxygen atoms in total. The number of hydrogen-bond acceptors (Lipinski definition) is 14. The Bertz CT molecular complexity index is 2530. The van der Waals surface area contributed by atoms with Gasteiger partial charge >= 0.3 is 29.0 Å². The zero-order valence-corrected chi connectivity index (χ0v) is 35.0. The normalized spacial score (nSPS) is 35.2. The first-order chi connectivity index (χ1) is 27.8. The fourth-order valence-corrected chi connectivity index (χ4v) is 10.7. The number of esters is 2. The SMILES string of the molecule is CC(=O)OC[C@@]12C[C@@H]1[C@@H](n1cc(Br)c(=O)[nH]c1=O)C[C@@H]2OC(C)=O.O=c1[nH]c(=O)n([C@H]2C[C@H](O)[C@]3(CO)C[C@H]23)cc1Br.O=c1ccn([C@H]2C[C@H](O)[C@]3(CO)C[C@H]23)c(=O)[nH]1. The minimum Gasteiger partial charge on any atom is -0.465 e. The van der Waals surface area contributed by atoms with Crippen molar-refractivity contribution in [2.45, 2.75) is 88.8 Å². The number of nitrogens with one attached hydrogen (secondary N) is 3. The number of carbonyl (C=O) groups excluding carboxylic acids is 2. The first kappa shape index (κ1) is 42.9. The molecule has 320 valence electrons. The van der Waals surface area contributed by atoms with Crippen LogP contribution in [0.1, 0.15) is 70.5 Å². The number of ether oxygens (including phenoxy) is 2. The minimum atomic E-state index is -0.588. The van der Waals surface area contributed by atoms with Crippen molar-refractivity contribution >= 4 is 43.8 Å². The van der Waals surface area contributed by atoms with Crippen LogP contribution >= 0.6 is 31.9 Å². The Morgan fingerprint density at radius 2 is 1.14 bits per heavy atom. The first-order valence-electron chi connectivity index (χ1n) is 19.0. The highest BCUT2D eigenvalue weighted by Crippen LogP contribution is 2.69. The van der Waals surface area contributed by atoms with Crippen LogP contribution in [0.15, 0.2) is 62.4 Å². The molecule has 0 saturated heterocycles. The predicted molar refractivity (Wildman–Crippen MR) is 210 cm³/mol. The number of aromatic nitrogens is 6. The Labute approximate surface area is 349 Å². The summed E-state index contributed by atoms with van der Waals surface area (Å²) < 4.78 is 15.5. The first-order valence-corrected chi connectivity index (χ1v) is 20.6. The Balaban J connectivity index is 0.000000137. The summed E-state index contributed by atoms with van der Waals surface area (Å²) in [5.74, 6) is -0.539. The van der Waals surface area contributed by atoms with Crippen molar-refractivity contribution in [3.63, 3.8) is 0 Å². The van der Waals surface area contributed by atoms with Gasteiger partial charge in [-0.05, 0) is 81.7 Å². The minimum absolute atomic E-state index is 0.0386. The second-order valence-electron chi connectivity index (χ2n) is 16.6. The van der Waals surface area contributed by atoms with E-state index in [2.05, 4.69) is 46.8 Å². The molecule has 0 bridgehead atoms. The molecule has 22 heteroatoms. The van der Waals surface area contributed by atoms with Crippen LogP contribution in [0.3, 0.4) is 0 Å². The van der Waals surface area contributed by atoms with Gasteiger partial charge < -0.3 is 29.9 Å². The average Bonchev–Trinajstić information content (AvgIpc) is 4.12. The van der Waals surface area contributed by atoms with Gasteiger partial charge in [0.25, 0.3) is 16.7 Å². The van der Waals surface area contributed by atoms with Crippen LogP contribution in [-0.2, 0) is 19.1 Å². The number of rotatable bonds is 8. The van der Waals surface area contributed by atoms with Crippen molar-refractivity contribution in [1.29, 1.82) is 0 Å². The van der Waals surface area contributed by atoms with Crippen LogP contribution in [0.4, 0.5) is 0 Å². The molecule has 0 unspecified atom stereocenters. The lowest BCUT2D eigenvalue weighted by Crippen LogP contribution is -2.33. The van der Waals surface area contributed by atoms with Gasteiger partial charge in [0.15, 0.2) is 0 Å². The van der Waals surface area contributed by atoms with Gasteiger partial charge in [0.2, 0.25) is 0 Å². The number of halogens is 2. The lowest BCUT2D eigenvalue weighted by atomic mass is 10.0. The van der Waals surface area contributed by atoms with Crippen LogP contribution in [-0.4, -0.2) is 99.2 Å². The summed E-state index contributed by atoms with van der Waals surface area (Å²) in [7, 11) is 0. The number of fused-ring (bicyclic) bond motifs is 3. The van der Waals surface area contributed by atoms with Gasteiger partial charge in [-0.2, -0.15) is 0 Å². The van der Waals surface area contributed by atoms with E-state index >= 15 is 0 Å². The number of hydrogen-bond donors (Lipinski definition) is 7. The quantitative estimate of drug-likeness (QED) is 0.136. The molecule has 0 aromatic carbocycles. The highest BCUT2D eigenvalue weighted by Gasteiger charge is 2.70. The van der Waals surface area contributed by atoms with E-state index in [4.69, 9.17) is 9.47 Å². The molecule has 3 aromatic heterocycles. The fourth-order valence-electron chi connectivity index (χ4n) is 10.1. The van der Waals surface area contributed by atoms with Gasteiger partial charge in [0.1, 0.15) is 12.7 Å². The summed E-state index contributed by atoms with van der Waals surface area (Å²) in [5, 5.41) is 38.6. The molecule has 7 N–H and O–H groups in total. The van der Waals surface area contributed by atoms with Crippen LogP contribution in [0, 0.1) is 34.0 Å². The van der Waals surface area contributed by atoms with Gasteiger partial charge in [-0.1, -0.05) is 0 Å². The van der Waals surface area contributed by atoms with Gasteiger partial charge in [-0.25, -0.2) is 14.4 Å². The molecule has 0 spiro atoms. The van der Waals surface area contributed by atoms with Crippen molar-refractivity contribution in [2.24, 2.45) is 34.0 Å². The molecule has 0 aliphatic heterocycles. The van der Waals surface area contributed by atoms with Gasteiger partial charge in [-0.15, -0.1) is 0 Å². The summed E-state index contributed by atoms with van der Waals surface area (Å²) in [4.78, 5) is 98.6. The summed E-state index contributed by atoms with van der Waals surface area (Å²) >= 11 is 6.21. The molecular formula is C37H44Br2N6O14. The molecule has 3 aromatic rings. The summed E-state index contributed by atoms with van der Waals surface area (Å²) in [6, 6.07) is 0.787. The smallest absolute Gasteiger partial charge is 0.328 e. The van der Waals surface area contributed by atoms with Crippen LogP contribution in [0.5, 0.6) is 0 Å². The zero-order valence-electron chi connectivity index (χ0n) is 31.8. The van der Waals surface area contributed by atoms with Gasteiger partial charge in [0, 0.05) is 79.3 Å². The maximum absolute atomic E-state index is 12.1. The van der Waals surface area contributed by atoms with Gasteiger partial charge in [0.05, 0.1) is 34.4 Å². The van der Waals surface area contributed by atoms with Crippen molar-refractivity contribution in [2.75, 3.05) is 19.8 Å². The summed E-state index contributed by atoms with van der Waals surface area (Å²) in [6.45, 7) is 2.70. The fraction of sp³-hybridized carbons (Fsp3) is 0.622. The molecule has 3 heterocycles. The summed E-state index contributed by atoms with van der Waals surface area (Å²) in [5.41, 5.74) is -4.11.